The van der Waals surface area contributed by atoms with Crippen LogP contribution in [0.1, 0.15) is 42.5 Å². The summed E-state index contributed by atoms with van der Waals surface area (Å²) in [6.45, 7) is 4.02. The molecule has 1 heterocycles. The van der Waals surface area contributed by atoms with E-state index in [2.05, 4.69) is 59.2 Å². The Hall–Kier alpha value is -2.51. The van der Waals surface area contributed by atoms with E-state index in [-0.39, 0.29) is 5.92 Å². The van der Waals surface area contributed by atoms with E-state index < -0.39 is 0 Å². The van der Waals surface area contributed by atoms with Gasteiger partial charge in [0.2, 0.25) is 0 Å². The summed E-state index contributed by atoms with van der Waals surface area (Å²) < 4.78 is 0. The zero-order valence-electron chi connectivity index (χ0n) is 14.9. The Morgan fingerprint density at radius 2 is 2.08 bits per heavy atom. The highest BCUT2D eigenvalue weighted by Crippen LogP contribution is 2.42. The van der Waals surface area contributed by atoms with Crippen LogP contribution in [0.25, 0.3) is 5.57 Å². The smallest absolute Gasteiger partial charge is 0.0658 e. The van der Waals surface area contributed by atoms with E-state index in [0.717, 1.165) is 31.6 Å². The molecule has 1 aliphatic rings. The zero-order chi connectivity index (χ0) is 17.6. The molecule has 0 fully saturated rings. The third-order valence-corrected chi connectivity index (χ3v) is 4.95. The van der Waals surface area contributed by atoms with Crippen molar-refractivity contribution in [3.8, 4) is 6.07 Å². The lowest BCUT2D eigenvalue weighted by atomic mass is 9.90. The summed E-state index contributed by atoms with van der Waals surface area (Å²) >= 11 is 0. The average Bonchev–Trinajstić information content (AvgIpc) is 3.03. The van der Waals surface area contributed by atoms with Gasteiger partial charge < -0.3 is 4.90 Å². The van der Waals surface area contributed by atoms with Crippen molar-refractivity contribution >= 4 is 5.57 Å². The van der Waals surface area contributed by atoms with Crippen molar-refractivity contribution in [2.24, 2.45) is 0 Å². The lowest BCUT2D eigenvalue weighted by Crippen LogP contribution is -2.21. The number of aromatic nitrogens is 2. The highest BCUT2D eigenvalue weighted by molar-refractivity contribution is 5.80. The first-order valence-corrected chi connectivity index (χ1v) is 8.82. The van der Waals surface area contributed by atoms with Crippen molar-refractivity contribution in [2.75, 3.05) is 20.1 Å². The van der Waals surface area contributed by atoms with Gasteiger partial charge in [-0.1, -0.05) is 36.8 Å². The Bertz CT molecular complexity index is 789. The molecule has 1 atom stereocenters. The maximum atomic E-state index is 8.76. The van der Waals surface area contributed by atoms with Crippen LogP contribution in [0.15, 0.2) is 48.4 Å². The Morgan fingerprint density at radius 3 is 2.84 bits per heavy atom. The summed E-state index contributed by atoms with van der Waals surface area (Å²) in [4.78, 5) is 11.0. The van der Waals surface area contributed by atoms with E-state index in [9.17, 15) is 0 Å². The first-order chi connectivity index (χ1) is 12.2. The third-order valence-electron chi connectivity index (χ3n) is 4.95. The topological polar surface area (TPSA) is 52.8 Å². The predicted molar refractivity (Wildman–Crippen MR) is 99.9 cm³/mol. The molecule has 1 aromatic carbocycles. The number of hydrogen-bond donors (Lipinski definition) is 0. The van der Waals surface area contributed by atoms with Gasteiger partial charge in [0, 0.05) is 44.0 Å². The molecule has 0 saturated heterocycles. The number of rotatable bonds is 7. The lowest BCUT2D eigenvalue weighted by molar-refractivity contribution is 0.346. The number of benzene rings is 1. The van der Waals surface area contributed by atoms with Crippen LogP contribution in [-0.2, 0) is 6.42 Å². The molecule has 2 aromatic rings. The van der Waals surface area contributed by atoms with E-state index in [1.54, 1.807) is 12.4 Å². The van der Waals surface area contributed by atoms with Crippen LogP contribution >= 0.6 is 0 Å². The van der Waals surface area contributed by atoms with E-state index in [1.165, 1.54) is 22.3 Å². The minimum atomic E-state index is 0.233. The molecule has 0 amide bonds. The van der Waals surface area contributed by atoms with Crippen molar-refractivity contribution in [2.45, 2.75) is 32.1 Å². The van der Waals surface area contributed by atoms with Gasteiger partial charge in [0.05, 0.1) is 11.8 Å². The van der Waals surface area contributed by atoms with Crippen molar-refractivity contribution in [3.05, 3.63) is 65.2 Å². The fraction of sp³-hybridized carbons (Fsp3) is 0.381. The molecule has 4 nitrogen and oxygen atoms in total. The largest absolute Gasteiger partial charge is 0.305 e. The van der Waals surface area contributed by atoms with Gasteiger partial charge in [0.1, 0.15) is 0 Å². The third kappa shape index (κ3) is 3.94. The molecule has 0 aliphatic heterocycles. The van der Waals surface area contributed by atoms with E-state index in [1.807, 2.05) is 6.20 Å². The Labute approximate surface area is 149 Å². The molecule has 0 radical (unpaired) electrons. The van der Waals surface area contributed by atoms with Gasteiger partial charge in [-0.2, -0.15) is 5.26 Å². The molecule has 4 heteroatoms. The van der Waals surface area contributed by atoms with Crippen LogP contribution < -0.4 is 0 Å². The second-order valence-electron chi connectivity index (χ2n) is 6.66. The number of hydrogen-bond acceptors (Lipinski definition) is 4. The van der Waals surface area contributed by atoms with Gasteiger partial charge in [-0.15, -0.1) is 0 Å². The van der Waals surface area contributed by atoms with Crippen LogP contribution in [0.4, 0.5) is 0 Å². The number of allylic oxidation sites excluding steroid dienone is 1. The molecular weight excluding hydrogens is 308 g/mol. The molecule has 0 N–H and O–H groups in total. The minimum Gasteiger partial charge on any atom is -0.305 e. The number of fused-ring (bicyclic) bond motifs is 1. The number of nitriles is 1. The second kappa shape index (κ2) is 8.04. The van der Waals surface area contributed by atoms with Gasteiger partial charge >= 0.3 is 0 Å². The molecule has 25 heavy (non-hydrogen) atoms. The fourth-order valence-electron chi connectivity index (χ4n) is 3.58. The van der Waals surface area contributed by atoms with Crippen LogP contribution in [0.3, 0.4) is 0 Å². The molecule has 0 spiro atoms. The summed E-state index contributed by atoms with van der Waals surface area (Å²) in [5, 5.41) is 8.76. The van der Waals surface area contributed by atoms with Gasteiger partial charge in [-0.3, -0.25) is 9.97 Å². The molecule has 0 bridgehead atoms. The SMILES string of the molecule is C[C@H](C1=C(CCN(C)CCC#N)Cc2ccccc21)c1cnccn1. The standard InChI is InChI=1S/C21H24N4/c1-16(20-15-23-10-11-24-20)21-18(8-13-25(2)12-5-9-22)14-17-6-3-4-7-19(17)21/h3-4,6-7,10-11,15-16H,5,8,12-14H2,1-2H3/t16-/m0/s1. The molecule has 3 rings (SSSR count). The van der Waals surface area contributed by atoms with Crippen molar-refractivity contribution in [3.63, 3.8) is 0 Å². The molecule has 0 saturated carbocycles. The summed E-state index contributed by atoms with van der Waals surface area (Å²) in [7, 11) is 2.09. The lowest BCUT2D eigenvalue weighted by Gasteiger charge is -2.19. The van der Waals surface area contributed by atoms with Gasteiger partial charge in [-0.25, -0.2) is 0 Å². The molecule has 128 valence electrons. The highest BCUT2D eigenvalue weighted by atomic mass is 15.1. The predicted octanol–water partition coefficient (Wildman–Crippen LogP) is 3.83. The normalized spacial score (nSPS) is 14.5. The van der Waals surface area contributed by atoms with Crippen LogP contribution in [0, 0.1) is 11.3 Å². The zero-order valence-corrected chi connectivity index (χ0v) is 14.9. The fourth-order valence-corrected chi connectivity index (χ4v) is 3.58. The summed E-state index contributed by atoms with van der Waals surface area (Å²) in [5.41, 5.74) is 6.68. The second-order valence-corrected chi connectivity index (χ2v) is 6.66. The summed E-state index contributed by atoms with van der Waals surface area (Å²) in [5.74, 6) is 0.233. The van der Waals surface area contributed by atoms with E-state index in [0.29, 0.717) is 6.42 Å². The molecular formula is C21H24N4. The first kappa shape index (κ1) is 17.3. The van der Waals surface area contributed by atoms with Crippen LogP contribution in [0.2, 0.25) is 0 Å². The maximum Gasteiger partial charge on any atom is 0.0658 e. The van der Waals surface area contributed by atoms with Gasteiger partial charge in [-0.05, 0) is 36.6 Å². The minimum absolute atomic E-state index is 0.233. The van der Waals surface area contributed by atoms with Crippen LogP contribution in [0.5, 0.6) is 0 Å². The first-order valence-electron chi connectivity index (χ1n) is 8.82. The highest BCUT2D eigenvalue weighted by Gasteiger charge is 2.26. The Morgan fingerprint density at radius 1 is 1.24 bits per heavy atom. The quantitative estimate of drug-likeness (QED) is 0.773. The van der Waals surface area contributed by atoms with Crippen molar-refractivity contribution in [1.82, 2.24) is 14.9 Å². The molecule has 1 aromatic heterocycles. The summed E-state index contributed by atoms with van der Waals surface area (Å²) in [6.07, 6.45) is 7.98. The molecule has 1 aliphatic carbocycles. The Balaban J connectivity index is 1.85. The molecule has 0 unspecified atom stereocenters. The number of nitrogens with zero attached hydrogens (tertiary/aromatic N) is 4. The van der Waals surface area contributed by atoms with Crippen molar-refractivity contribution < 1.29 is 0 Å². The monoisotopic (exact) mass is 332 g/mol. The summed E-state index contributed by atoms with van der Waals surface area (Å²) in [6, 6.07) is 10.9. The van der Waals surface area contributed by atoms with Gasteiger partial charge in [0.15, 0.2) is 0 Å². The van der Waals surface area contributed by atoms with Gasteiger partial charge in [0.25, 0.3) is 0 Å². The average molecular weight is 332 g/mol. The van der Waals surface area contributed by atoms with E-state index >= 15 is 0 Å². The maximum absolute atomic E-state index is 8.76. The Kier molecular flexibility index (Phi) is 5.57. The van der Waals surface area contributed by atoms with E-state index in [4.69, 9.17) is 5.26 Å². The van der Waals surface area contributed by atoms with Crippen molar-refractivity contribution in [1.29, 1.82) is 5.26 Å². The van der Waals surface area contributed by atoms with Crippen LogP contribution in [-0.4, -0.2) is 35.0 Å².